The van der Waals surface area contributed by atoms with Crippen LogP contribution in [0.25, 0.3) is 0 Å². The summed E-state index contributed by atoms with van der Waals surface area (Å²) in [5.74, 6) is 0.647. The molecule has 0 aromatic carbocycles. The first-order valence-electron chi connectivity index (χ1n) is 9.32. The largest absolute Gasteiger partial charge is 0.401 e. The van der Waals surface area contributed by atoms with E-state index in [1.807, 2.05) is 6.92 Å². The summed E-state index contributed by atoms with van der Waals surface area (Å²) in [7, 11) is 1.46. The van der Waals surface area contributed by atoms with Gasteiger partial charge in [0.15, 0.2) is 5.96 Å². The van der Waals surface area contributed by atoms with Crippen LogP contribution in [0.5, 0.6) is 0 Å². The van der Waals surface area contributed by atoms with Crippen molar-refractivity contribution in [3.63, 3.8) is 0 Å². The van der Waals surface area contributed by atoms with E-state index < -0.39 is 12.7 Å². The summed E-state index contributed by atoms with van der Waals surface area (Å²) in [6.07, 6.45) is -1.41. The van der Waals surface area contributed by atoms with Gasteiger partial charge in [-0.15, -0.1) is 24.0 Å². The highest BCUT2D eigenvalue weighted by molar-refractivity contribution is 14.0. The summed E-state index contributed by atoms with van der Waals surface area (Å²) in [6, 6.07) is 0. The molecule has 2 N–H and O–H groups in total. The lowest BCUT2D eigenvalue weighted by Gasteiger charge is -2.18. The van der Waals surface area contributed by atoms with Crippen LogP contribution in [-0.2, 0) is 9.47 Å². The average Bonchev–Trinajstić information content (AvgIpc) is 2.55. The van der Waals surface area contributed by atoms with Crippen molar-refractivity contribution in [1.82, 2.24) is 15.5 Å². The number of hydrogen-bond donors (Lipinski definition) is 2. The molecule has 0 unspecified atom stereocenters. The second-order valence-electron chi connectivity index (χ2n) is 5.97. The Kier molecular flexibility index (Phi) is 20.3. The van der Waals surface area contributed by atoms with Crippen molar-refractivity contribution in [2.24, 2.45) is 4.99 Å². The highest BCUT2D eigenvalue weighted by atomic mass is 127. The number of halogens is 4. The van der Waals surface area contributed by atoms with Crippen LogP contribution in [0.4, 0.5) is 13.2 Å². The van der Waals surface area contributed by atoms with Crippen LogP contribution in [-0.4, -0.2) is 83.2 Å². The molecule has 0 amide bonds. The van der Waals surface area contributed by atoms with Gasteiger partial charge in [0.1, 0.15) is 0 Å². The lowest BCUT2D eigenvalue weighted by Crippen LogP contribution is -2.39. The molecule has 0 fully saturated rings. The van der Waals surface area contributed by atoms with Crippen LogP contribution in [0.1, 0.15) is 33.1 Å². The number of nitrogens with zero attached hydrogens (tertiary/aromatic N) is 2. The molecule has 0 aliphatic rings. The highest BCUT2D eigenvalue weighted by Gasteiger charge is 2.28. The van der Waals surface area contributed by atoms with E-state index in [0.717, 1.165) is 19.4 Å². The maximum Gasteiger partial charge on any atom is 0.401 e. The first-order chi connectivity index (χ1) is 12.4. The molecular weight excluding hydrogens is 476 g/mol. The minimum absolute atomic E-state index is 0. The standard InChI is InChI=1S/C17H35F3N4O2.HI/c1-4-6-11-25-13-14-26-12-9-23-16(21-5-2)22-8-7-10-24(3)15-17(18,19)20;/h4-15H2,1-3H3,(H2,21,22,23);1H. The summed E-state index contributed by atoms with van der Waals surface area (Å²) < 4.78 is 47.6. The molecule has 0 saturated carbocycles. The molecule has 0 aromatic heterocycles. The van der Waals surface area contributed by atoms with E-state index in [0.29, 0.717) is 58.4 Å². The number of ether oxygens (including phenoxy) is 2. The van der Waals surface area contributed by atoms with Crippen LogP contribution in [0.2, 0.25) is 0 Å². The lowest BCUT2D eigenvalue weighted by atomic mass is 10.4. The van der Waals surface area contributed by atoms with Crippen molar-refractivity contribution < 1.29 is 22.6 Å². The second-order valence-corrected chi connectivity index (χ2v) is 5.97. The average molecular weight is 512 g/mol. The molecule has 0 radical (unpaired) electrons. The van der Waals surface area contributed by atoms with Crippen LogP contribution in [0.15, 0.2) is 4.99 Å². The normalized spacial score (nSPS) is 12.2. The minimum atomic E-state index is -4.16. The number of unbranched alkanes of at least 4 members (excludes halogenated alkanes) is 1. The van der Waals surface area contributed by atoms with Crippen LogP contribution >= 0.6 is 24.0 Å². The third-order valence-corrected chi connectivity index (χ3v) is 3.31. The lowest BCUT2D eigenvalue weighted by molar-refractivity contribution is -0.143. The maximum atomic E-state index is 12.2. The number of alkyl halides is 3. The predicted octanol–water partition coefficient (Wildman–Crippen LogP) is 2.88. The number of guanidine groups is 1. The highest BCUT2D eigenvalue weighted by Crippen LogP contribution is 2.15. The zero-order chi connectivity index (χ0) is 19.7. The van der Waals surface area contributed by atoms with Crippen molar-refractivity contribution >= 4 is 29.9 Å². The smallest absolute Gasteiger partial charge is 0.379 e. The number of hydrogen-bond acceptors (Lipinski definition) is 4. The number of aliphatic imine (C=N–C) groups is 1. The molecule has 0 heterocycles. The van der Waals surface area contributed by atoms with Gasteiger partial charge in [-0.2, -0.15) is 13.2 Å². The van der Waals surface area contributed by atoms with Gasteiger partial charge in [0.25, 0.3) is 0 Å². The van der Waals surface area contributed by atoms with Crippen LogP contribution in [0.3, 0.4) is 0 Å². The van der Waals surface area contributed by atoms with Gasteiger partial charge < -0.3 is 20.1 Å². The molecule has 0 bridgehead atoms. The zero-order valence-corrected chi connectivity index (χ0v) is 19.1. The van der Waals surface area contributed by atoms with Crippen molar-refractivity contribution in [2.45, 2.75) is 39.3 Å². The zero-order valence-electron chi connectivity index (χ0n) is 16.7. The van der Waals surface area contributed by atoms with E-state index in [1.54, 1.807) is 0 Å². The van der Waals surface area contributed by atoms with Gasteiger partial charge in [-0.05, 0) is 33.4 Å². The van der Waals surface area contributed by atoms with Gasteiger partial charge in [0, 0.05) is 26.2 Å². The number of rotatable bonds is 15. The quantitative estimate of drug-likeness (QED) is 0.153. The molecule has 10 heteroatoms. The summed E-state index contributed by atoms with van der Waals surface area (Å²) in [4.78, 5) is 5.61. The molecule has 164 valence electrons. The molecule has 0 rings (SSSR count). The van der Waals surface area contributed by atoms with E-state index in [9.17, 15) is 13.2 Å². The second kappa shape index (κ2) is 19.0. The third-order valence-electron chi connectivity index (χ3n) is 3.31. The van der Waals surface area contributed by atoms with E-state index in [2.05, 4.69) is 22.5 Å². The molecule has 0 atom stereocenters. The Morgan fingerprint density at radius 1 is 1.00 bits per heavy atom. The molecule has 27 heavy (non-hydrogen) atoms. The molecule has 0 aliphatic heterocycles. The van der Waals surface area contributed by atoms with Gasteiger partial charge >= 0.3 is 6.18 Å². The predicted molar refractivity (Wildman–Crippen MR) is 114 cm³/mol. The van der Waals surface area contributed by atoms with Crippen LogP contribution < -0.4 is 10.6 Å². The van der Waals surface area contributed by atoms with E-state index in [-0.39, 0.29) is 24.0 Å². The van der Waals surface area contributed by atoms with E-state index >= 15 is 0 Å². The van der Waals surface area contributed by atoms with Crippen molar-refractivity contribution in [2.75, 3.05) is 66.2 Å². The van der Waals surface area contributed by atoms with E-state index in [1.165, 1.54) is 11.9 Å². The van der Waals surface area contributed by atoms with Gasteiger partial charge in [0.2, 0.25) is 0 Å². The number of nitrogens with one attached hydrogen (secondary N) is 2. The maximum absolute atomic E-state index is 12.2. The topological polar surface area (TPSA) is 58.1 Å². The molecule has 0 spiro atoms. The summed E-state index contributed by atoms with van der Waals surface area (Å²) >= 11 is 0. The first kappa shape index (κ1) is 28.9. The Morgan fingerprint density at radius 2 is 1.67 bits per heavy atom. The monoisotopic (exact) mass is 512 g/mol. The SMILES string of the molecule is CCCCOCCOCCNC(=NCCCN(C)CC(F)(F)F)NCC.I. The Bertz CT molecular complexity index is 362. The fourth-order valence-electron chi connectivity index (χ4n) is 2.07. The molecule has 0 aliphatic carbocycles. The molecule has 6 nitrogen and oxygen atoms in total. The van der Waals surface area contributed by atoms with Crippen molar-refractivity contribution in [3.05, 3.63) is 0 Å². The Hall–Kier alpha value is -0.330. The fourth-order valence-corrected chi connectivity index (χ4v) is 2.07. The summed E-state index contributed by atoms with van der Waals surface area (Å²) in [6.45, 7) is 7.78. The third kappa shape index (κ3) is 21.8. The Labute approximate surface area is 178 Å². The Morgan fingerprint density at radius 3 is 2.26 bits per heavy atom. The van der Waals surface area contributed by atoms with Crippen LogP contribution in [0, 0.1) is 0 Å². The summed E-state index contributed by atoms with van der Waals surface area (Å²) in [5, 5.41) is 6.24. The fraction of sp³-hybridized carbons (Fsp3) is 0.941. The first-order valence-corrected chi connectivity index (χ1v) is 9.32. The minimum Gasteiger partial charge on any atom is -0.379 e. The summed E-state index contributed by atoms with van der Waals surface area (Å²) in [5.41, 5.74) is 0. The molecular formula is C17H36F3IN4O2. The van der Waals surface area contributed by atoms with E-state index in [4.69, 9.17) is 9.47 Å². The van der Waals surface area contributed by atoms with Crippen molar-refractivity contribution in [3.8, 4) is 0 Å². The van der Waals surface area contributed by atoms with Gasteiger partial charge in [0.05, 0.1) is 26.4 Å². The van der Waals surface area contributed by atoms with Crippen molar-refractivity contribution in [1.29, 1.82) is 0 Å². The van der Waals surface area contributed by atoms with Gasteiger partial charge in [-0.1, -0.05) is 13.3 Å². The van der Waals surface area contributed by atoms with Gasteiger partial charge in [-0.3, -0.25) is 9.89 Å². The van der Waals surface area contributed by atoms with Gasteiger partial charge in [-0.25, -0.2) is 0 Å². The molecule has 0 saturated heterocycles. The Balaban J connectivity index is 0. The molecule has 0 aromatic rings.